The zero-order valence-corrected chi connectivity index (χ0v) is 18.9. The van der Waals surface area contributed by atoms with Gasteiger partial charge in [-0.3, -0.25) is 4.90 Å². The molecular weight excluding hydrogens is 404 g/mol. The largest absolute Gasteiger partial charge is 0.508 e. The van der Waals surface area contributed by atoms with Gasteiger partial charge in [0, 0.05) is 44.5 Å². The topological polar surface area (TPSA) is 68.3 Å². The number of rotatable bonds is 6. The van der Waals surface area contributed by atoms with Crippen molar-refractivity contribution in [3.8, 4) is 11.5 Å². The van der Waals surface area contributed by atoms with E-state index >= 15 is 0 Å². The quantitative estimate of drug-likeness (QED) is 0.723. The monoisotopic (exact) mass is 438 g/mol. The summed E-state index contributed by atoms with van der Waals surface area (Å²) in [5, 5.41) is 12.9. The van der Waals surface area contributed by atoms with E-state index in [0.29, 0.717) is 19.6 Å². The summed E-state index contributed by atoms with van der Waals surface area (Å²) in [5.74, 6) is 1.12. The number of hydrogen-bond donors (Lipinski definition) is 2. The molecule has 2 amide bonds. The lowest BCUT2D eigenvalue weighted by molar-refractivity contribution is 0.153. The second kappa shape index (κ2) is 10.6. The maximum atomic E-state index is 12.9. The standard InChI is InChI=1S/C25H34N4O3/c1-32-23-10-8-20(9-11-23)24(28-12-3-2-4-13-28)19-26-25(31)29-16-14-27(15-17-29)21-6-5-7-22(30)18-21/h5-11,18,24,30H,2-4,12-17,19H2,1H3,(H,26,31). The smallest absolute Gasteiger partial charge is 0.317 e. The summed E-state index contributed by atoms with van der Waals surface area (Å²) < 4.78 is 5.31. The SMILES string of the molecule is COc1ccc(C(CNC(=O)N2CCN(c3cccc(O)c3)CC2)N2CCCCC2)cc1. The Labute approximate surface area is 190 Å². The van der Waals surface area contributed by atoms with Crippen LogP contribution < -0.4 is 15.0 Å². The molecule has 32 heavy (non-hydrogen) atoms. The van der Waals surface area contributed by atoms with Crippen LogP contribution in [0.1, 0.15) is 30.9 Å². The van der Waals surface area contributed by atoms with Crippen molar-refractivity contribution in [2.75, 3.05) is 57.8 Å². The summed E-state index contributed by atoms with van der Waals surface area (Å²) in [4.78, 5) is 19.5. The second-order valence-corrected chi connectivity index (χ2v) is 8.57. The molecule has 0 spiro atoms. The van der Waals surface area contributed by atoms with E-state index in [9.17, 15) is 9.90 Å². The van der Waals surface area contributed by atoms with E-state index in [0.717, 1.165) is 37.6 Å². The van der Waals surface area contributed by atoms with Crippen LogP contribution in [0, 0.1) is 0 Å². The highest BCUT2D eigenvalue weighted by Gasteiger charge is 2.25. The lowest BCUT2D eigenvalue weighted by Gasteiger charge is -2.38. The molecule has 7 heteroatoms. The molecule has 2 aliphatic heterocycles. The van der Waals surface area contributed by atoms with E-state index in [4.69, 9.17) is 4.74 Å². The fourth-order valence-electron chi connectivity index (χ4n) is 4.67. The highest BCUT2D eigenvalue weighted by atomic mass is 16.5. The predicted molar refractivity (Wildman–Crippen MR) is 126 cm³/mol. The van der Waals surface area contributed by atoms with Gasteiger partial charge >= 0.3 is 6.03 Å². The number of urea groups is 1. The predicted octanol–water partition coefficient (Wildman–Crippen LogP) is 3.46. The Morgan fingerprint density at radius 1 is 1.00 bits per heavy atom. The maximum Gasteiger partial charge on any atom is 0.317 e. The Bertz CT molecular complexity index is 875. The van der Waals surface area contributed by atoms with E-state index < -0.39 is 0 Å². The van der Waals surface area contributed by atoms with Gasteiger partial charge in [0.15, 0.2) is 0 Å². The van der Waals surface area contributed by atoms with Gasteiger partial charge < -0.3 is 25.0 Å². The first kappa shape index (κ1) is 22.3. The number of carbonyl (C=O) groups is 1. The van der Waals surface area contributed by atoms with Gasteiger partial charge in [0.05, 0.1) is 13.2 Å². The van der Waals surface area contributed by atoms with Crippen LogP contribution in [0.15, 0.2) is 48.5 Å². The van der Waals surface area contributed by atoms with Gasteiger partial charge in [-0.2, -0.15) is 0 Å². The lowest BCUT2D eigenvalue weighted by Crippen LogP contribution is -2.53. The molecule has 2 fully saturated rings. The molecule has 2 aromatic carbocycles. The van der Waals surface area contributed by atoms with Crippen LogP contribution in [-0.4, -0.2) is 73.9 Å². The van der Waals surface area contributed by atoms with Crippen molar-refractivity contribution in [2.24, 2.45) is 0 Å². The average Bonchev–Trinajstić information content (AvgIpc) is 2.85. The third-order valence-electron chi connectivity index (χ3n) is 6.54. The number of phenols is 1. The number of piperazine rings is 1. The molecule has 4 rings (SSSR count). The minimum atomic E-state index is -0.00363. The maximum absolute atomic E-state index is 12.9. The van der Waals surface area contributed by atoms with E-state index in [1.165, 1.54) is 24.8 Å². The molecule has 7 nitrogen and oxygen atoms in total. The van der Waals surface area contributed by atoms with Crippen LogP contribution in [0.3, 0.4) is 0 Å². The first-order valence-electron chi connectivity index (χ1n) is 11.6. The van der Waals surface area contributed by atoms with E-state index in [2.05, 4.69) is 27.2 Å². The van der Waals surface area contributed by atoms with Crippen molar-refractivity contribution >= 4 is 11.7 Å². The number of ether oxygens (including phenoxy) is 1. The first-order chi connectivity index (χ1) is 15.6. The van der Waals surface area contributed by atoms with Crippen molar-refractivity contribution in [1.29, 1.82) is 0 Å². The second-order valence-electron chi connectivity index (χ2n) is 8.57. The first-order valence-corrected chi connectivity index (χ1v) is 11.6. The molecular formula is C25H34N4O3. The summed E-state index contributed by atoms with van der Waals surface area (Å²) in [5.41, 5.74) is 2.21. The van der Waals surface area contributed by atoms with Gasteiger partial charge in [-0.1, -0.05) is 24.6 Å². The number of carbonyl (C=O) groups excluding carboxylic acids is 1. The third kappa shape index (κ3) is 5.46. The fraction of sp³-hybridized carbons (Fsp3) is 0.480. The van der Waals surface area contributed by atoms with Crippen LogP contribution in [0.2, 0.25) is 0 Å². The Morgan fingerprint density at radius 3 is 2.38 bits per heavy atom. The van der Waals surface area contributed by atoms with Crippen LogP contribution in [-0.2, 0) is 0 Å². The molecule has 0 aliphatic carbocycles. The average molecular weight is 439 g/mol. The number of benzene rings is 2. The van der Waals surface area contributed by atoms with Crippen LogP contribution in [0.5, 0.6) is 11.5 Å². The highest BCUT2D eigenvalue weighted by Crippen LogP contribution is 2.26. The summed E-state index contributed by atoms with van der Waals surface area (Å²) in [6.07, 6.45) is 3.69. The molecule has 2 saturated heterocycles. The molecule has 2 heterocycles. The summed E-state index contributed by atoms with van der Waals surface area (Å²) >= 11 is 0. The van der Waals surface area contributed by atoms with Gasteiger partial charge in [-0.15, -0.1) is 0 Å². The molecule has 2 N–H and O–H groups in total. The Balaban J connectivity index is 1.34. The summed E-state index contributed by atoms with van der Waals surface area (Å²) in [6.45, 7) is 5.56. The van der Waals surface area contributed by atoms with Crippen LogP contribution >= 0.6 is 0 Å². The highest BCUT2D eigenvalue weighted by molar-refractivity contribution is 5.74. The zero-order valence-electron chi connectivity index (χ0n) is 18.9. The molecule has 2 aromatic rings. The Hall–Kier alpha value is -2.93. The number of amides is 2. The number of methoxy groups -OCH3 is 1. The molecule has 0 aromatic heterocycles. The molecule has 1 unspecified atom stereocenters. The van der Waals surface area contributed by atoms with Crippen molar-refractivity contribution in [3.63, 3.8) is 0 Å². The zero-order chi connectivity index (χ0) is 22.3. The number of anilines is 1. The minimum absolute atomic E-state index is 0.00363. The van der Waals surface area contributed by atoms with Gasteiger partial charge in [-0.25, -0.2) is 4.79 Å². The van der Waals surface area contributed by atoms with Crippen molar-refractivity contribution in [2.45, 2.75) is 25.3 Å². The number of nitrogens with one attached hydrogen (secondary N) is 1. The molecule has 172 valence electrons. The van der Waals surface area contributed by atoms with Gasteiger partial charge in [0.2, 0.25) is 0 Å². The van der Waals surface area contributed by atoms with Crippen LogP contribution in [0.25, 0.3) is 0 Å². The van der Waals surface area contributed by atoms with Gasteiger partial charge in [0.25, 0.3) is 0 Å². The van der Waals surface area contributed by atoms with Crippen LogP contribution in [0.4, 0.5) is 10.5 Å². The Kier molecular flexibility index (Phi) is 7.37. The number of nitrogens with zero attached hydrogens (tertiary/aromatic N) is 3. The van der Waals surface area contributed by atoms with Crippen molar-refractivity contribution in [3.05, 3.63) is 54.1 Å². The number of piperidine rings is 1. The van der Waals surface area contributed by atoms with Gasteiger partial charge in [0.1, 0.15) is 11.5 Å². The normalized spacial score (nSPS) is 18.3. The lowest BCUT2D eigenvalue weighted by atomic mass is 10.0. The number of likely N-dealkylation sites (tertiary alicyclic amines) is 1. The molecule has 1 atom stereocenters. The van der Waals surface area contributed by atoms with Crippen molar-refractivity contribution in [1.82, 2.24) is 15.1 Å². The molecule has 0 bridgehead atoms. The minimum Gasteiger partial charge on any atom is -0.508 e. The van der Waals surface area contributed by atoms with E-state index in [-0.39, 0.29) is 17.8 Å². The number of aromatic hydroxyl groups is 1. The number of phenolic OH excluding ortho intramolecular Hbond substituents is 1. The van der Waals surface area contributed by atoms with E-state index in [1.54, 1.807) is 19.2 Å². The fourth-order valence-corrected chi connectivity index (χ4v) is 4.67. The number of hydrogen-bond acceptors (Lipinski definition) is 5. The van der Waals surface area contributed by atoms with Gasteiger partial charge in [-0.05, 0) is 55.8 Å². The molecule has 0 radical (unpaired) electrons. The summed E-state index contributed by atoms with van der Waals surface area (Å²) in [7, 11) is 1.68. The van der Waals surface area contributed by atoms with E-state index in [1.807, 2.05) is 29.2 Å². The van der Waals surface area contributed by atoms with Crippen molar-refractivity contribution < 1.29 is 14.6 Å². The molecule has 0 saturated carbocycles. The molecule has 2 aliphatic rings. The summed E-state index contributed by atoms with van der Waals surface area (Å²) in [6, 6.07) is 15.7. The third-order valence-corrected chi connectivity index (χ3v) is 6.54. The Morgan fingerprint density at radius 2 is 1.72 bits per heavy atom.